The molecular formula is C13H22N2O3S. The molecule has 0 aliphatic heterocycles. The molecule has 0 heterocycles. The van der Waals surface area contributed by atoms with Gasteiger partial charge in [0.05, 0.1) is 11.5 Å². The van der Waals surface area contributed by atoms with E-state index in [0.29, 0.717) is 13.2 Å². The van der Waals surface area contributed by atoms with Crippen LogP contribution in [-0.2, 0) is 14.8 Å². The normalized spacial score (nSPS) is 11.5. The number of nitrogens with one attached hydrogen (secondary N) is 2. The Bertz CT molecular complexity index is 457. The Balaban J connectivity index is 2.37. The molecule has 0 radical (unpaired) electrons. The van der Waals surface area contributed by atoms with Gasteiger partial charge in [-0.1, -0.05) is 13.3 Å². The van der Waals surface area contributed by atoms with Crippen molar-refractivity contribution in [1.82, 2.24) is 4.72 Å². The summed E-state index contributed by atoms with van der Waals surface area (Å²) in [5.74, 6) is 0. The van der Waals surface area contributed by atoms with Crippen molar-refractivity contribution < 1.29 is 13.2 Å². The van der Waals surface area contributed by atoms with Gasteiger partial charge in [-0.25, -0.2) is 13.1 Å². The lowest BCUT2D eigenvalue weighted by atomic mass is 10.3. The number of hydrogen-bond acceptors (Lipinski definition) is 4. The highest BCUT2D eigenvalue weighted by molar-refractivity contribution is 7.89. The highest BCUT2D eigenvalue weighted by Gasteiger charge is 2.09. The van der Waals surface area contributed by atoms with Crippen LogP contribution in [0.3, 0.4) is 0 Å². The first kappa shape index (κ1) is 15.9. The van der Waals surface area contributed by atoms with E-state index in [0.717, 1.165) is 25.1 Å². The lowest BCUT2D eigenvalue weighted by Gasteiger charge is -2.08. The number of sulfonamides is 1. The van der Waals surface area contributed by atoms with Crippen LogP contribution >= 0.6 is 0 Å². The van der Waals surface area contributed by atoms with E-state index in [1.54, 1.807) is 24.3 Å². The van der Waals surface area contributed by atoms with Gasteiger partial charge in [-0.15, -0.1) is 0 Å². The average molecular weight is 286 g/mol. The zero-order valence-electron chi connectivity index (χ0n) is 11.5. The average Bonchev–Trinajstić information content (AvgIpc) is 2.43. The van der Waals surface area contributed by atoms with Crippen molar-refractivity contribution in [1.29, 1.82) is 0 Å². The van der Waals surface area contributed by atoms with Crippen LogP contribution < -0.4 is 10.0 Å². The van der Waals surface area contributed by atoms with Crippen molar-refractivity contribution in [3.63, 3.8) is 0 Å². The van der Waals surface area contributed by atoms with Crippen molar-refractivity contribution in [2.75, 3.05) is 32.1 Å². The zero-order valence-corrected chi connectivity index (χ0v) is 12.3. The largest absolute Gasteiger partial charge is 0.383 e. The molecule has 1 rings (SSSR count). The van der Waals surface area contributed by atoms with E-state index in [9.17, 15) is 8.42 Å². The smallest absolute Gasteiger partial charge is 0.240 e. The molecule has 0 spiro atoms. The molecule has 0 amide bonds. The van der Waals surface area contributed by atoms with Gasteiger partial charge in [-0.2, -0.15) is 0 Å². The van der Waals surface area contributed by atoms with Crippen molar-refractivity contribution in [3.8, 4) is 0 Å². The number of hydrogen-bond donors (Lipinski definition) is 2. The highest BCUT2D eigenvalue weighted by atomic mass is 32.2. The van der Waals surface area contributed by atoms with Crippen LogP contribution in [0.25, 0.3) is 0 Å². The Labute approximate surface area is 115 Å². The Morgan fingerprint density at radius 3 is 2.42 bits per heavy atom. The number of benzene rings is 1. The van der Waals surface area contributed by atoms with E-state index < -0.39 is 10.0 Å². The van der Waals surface area contributed by atoms with Crippen LogP contribution in [0.15, 0.2) is 29.2 Å². The molecule has 0 aromatic heterocycles. The van der Waals surface area contributed by atoms with Gasteiger partial charge in [0.15, 0.2) is 0 Å². The third-order valence-electron chi connectivity index (χ3n) is 2.65. The van der Waals surface area contributed by atoms with Gasteiger partial charge in [0.1, 0.15) is 0 Å². The first-order chi connectivity index (χ1) is 9.10. The number of unbranched alkanes of at least 4 members (excludes halogenated alkanes) is 1. The lowest BCUT2D eigenvalue weighted by Crippen LogP contribution is -2.18. The van der Waals surface area contributed by atoms with Crippen molar-refractivity contribution in [3.05, 3.63) is 24.3 Å². The van der Waals surface area contributed by atoms with Crippen LogP contribution in [0.1, 0.15) is 19.8 Å². The molecule has 108 valence electrons. The lowest BCUT2D eigenvalue weighted by molar-refractivity contribution is 0.141. The first-order valence-corrected chi connectivity index (χ1v) is 7.93. The minimum atomic E-state index is -3.35. The van der Waals surface area contributed by atoms with E-state index in [-0.39, 0.29) is 4.90 Å². The van der Waals surface area contributed by atoms with Crippen LogP contribution in [0.5, 0.6) is 0 Å². The van der Waals surface area contributed by atoms with Gasteiger partial charge in [-0.05, 0) is 37.7 Å². The molecule has 0 unspecified atom stereocenters. The van der Waals surface area contributed by atoms with E-state index >= 15 is 0 Å². The van der Waals surface area contributed by atoms with E-state index in [1.807, 2.05) is 0 Å². The molecule has 0 saturated heterocycles. The molecule has 19 heavy (non-hydrogen) atoms. The maximum Gasteiger partial charge on any atom is 0.240 e. The molecule has 0 saturated carbocycles. The summed E-state index contributed by atoms with van der Waals surface area (Å²) in [6.07, 6.45) is 2.21. The molecule has 1 aromatic rings. The summed E-state index contributed by atoms with van der Waals surface area (Å²) < 4.78 is 30.7. The highest BCUT2D eigenvalue weighted by Crippen LogP contribution is 2.13. The summed E-state index contributed by atoms with van der Waals surface area (Å²) in [5.41, 5.74) is 0.883. The zero-order chi connectivity index (χ0) is 14.1. The molecule has 0 aliphatic rings. The number of ether oxygens (including phenoxy) is 1. The Kier molecular flexibility index (Phi) is 6.83. The summed E-state index contributed by atoms with van der Waals surface area (Å²) in [6.45, 7) is 4.28. The molecule has 6 heteroatoms. The summed E-state index contributed by atoms with van der Waals surface area (Å²) >= 11 is 0. The SMILES string of the molecule is CCCCOCCNc1ccc(S(=O)(=O)NC)cc1. The van der Waals surface area contributed by atoms with Crippen molar-refractivity contribution >= 4 is 15.7 Å². The Hall–Kier alpha value is -1.11. The standard InChI is InChI=1S/C13H22N2O3S/c1-3-4-10-18-11-9-15-12-5-7-13(8-6-12)19(16,17)14-2/h5-8,14-15H,3-4,9-11H2,1-2H3. The third-order valence-corrected chi connectivity index (χ3v) is 4.08. The quantitative estimate of drug-likeness (QED) is 0.680. The maximum atomic E-state index is 11.5. The molecular weight excluding hydrogens is 264 g/mol. The van der Waals surface area contributed by atoms with Crippen molar-refractivity contribution in [2.45, 2.75) is 24.7 Å². The van der Waals surface area contributed by atoms with Gasteiger partial charge in [0.2, 0.25) is 10.0 Å². The molecule has 0 aliphatic carbocycles. The van der Waals surface area contributed by atoms with Gasteiger partial charge in [0.25, 0.3) is 0 Å². The molecule has 0 bridgehead atoms. The fourth-order valence-electron chi connectivity index (χ4n) is 1.49. The minimum Gasteiger partial charge on any atom is -0.383 e. The summed E-state index contributed by atoms with van der Waals surface area (Å²) in [6, 6.07) is 6.64. The van der Waals surface area contributed by atoms with E-state index in [2.05, 4.69) is 17.0 Å². The predicted octanol–water partition coefficient (Wildman–Crippen LogP) is 1.82. The summed E-state index contributed by atoms with van der Waals surface area (Å²) in [7, 11) is -1.95. The second-order valence-electron chi connectivity index (χ2n) is 4.12. The molecule has 2 N–H and O–H groups in total. The summed E-state index contributed by atoms with van der Waals surface area (Å²) in [5, 5.41) is 3.18. The van der Waals surface area contributed by atoms with Gasteiger partial charge >= 0.3 is 0 Å². The second kappa shape index (κ2) is 8.14. The fourth-order valence-corrected chi connectivity index (χ4v) is 2.22. The summed E-state index contributed by atoms with van der Waals surface area (Å²) in [4.78, 5) is 0.264. The monoisotopic (exact) mass is 286 g/mol. The van der Waals surface area contributed by atoms with Crippen LogP contribution in [0.2, 0.25) is 0 Å². The van der Waals surface area contributed by atoms with E-state index in [4.69, 9.17) is 4.74 Å². The molecule has 0 atom stereocenters. The molecule has 5 nitrogen and oxygen atoms in total. The Morgan fingerprint density at radius 2 is 1.84 bits per heavy atom. The second-order valence-corrected chi connectivity index (χ2v) is 6.01. The van der Waals surface area contributed by atoms with Gasteiger partial charge in [-0.3, -0.25) is 0 Å². The maximum absolute atomic E-state index is 11.5. The molecule has 1 aromatic carbocycles. The fraction of sp³-hybridized carbons (Fsp3) is 0.538. The predicted molar refractivity (Wildman–Crippen MR) is 76.9 cm³/mol. The van der Waals surface area contributed by atoms with Crippen LogP contribution in [0, 0.1) is 0 Å². The first-order valence-electron chi connectivity index (χ1n) is 6.45. The van der Waals surface area contributed by atoms with Gasteiger partial charge < -0.3 is 10.1 Å². The Morgan fingerprint density at radius 1 is 1.16 bits per heavy atom. The van der Waals surface area contributed by atoms with Crippen molar-refractivity contribution in [2.24, 2.45) is 0 Å². The van der Waals surface area contributed by atoms with E-state index in [1.165, 1.54) is 7.05 Å². The van der Waals surface area contributed by atoms with Crippen LogP contribution in [-0.4, -0.2) is 35.2 Å². The topological polar surface area (TPSA) is 67.4 Å². The number of rotatable bonds is 9. The van der Waals surface area contributed by atoms with Gasteiger partial charge in [0, 0.05) is 18.8 Å². The number of anilines is 1. The van der Waals surface area contributed by atoms with Crippen LogP contribution in [0.4, 0.5) is 5.69 Å². The molecule has 0 fully saturated rings. The minimum absolute atomic E-state index is 0.264. The third kappa shape index (κ3) is 5.59.